The van der Waals surface area contributed by atoms with Crippen molar-refractivity contribution < 1.29 is 9.47 Å². The van der Waals surface area contributed by atoms with Gasteiger partial charge in [0.25, 0.3) is 0 Å². The average molecular weight is 277 g/mol. The summed E-state index contributed by atoms with van der Waals surface area (Å²) >= 11 is 5.85. The highest BCUT2D eigenvalue weighted by molar-refractivity contribution is 6.29. The van der Waals surface area contributed by atoms with Crippen molar-refractivity contribution in [3.8, 4) is 11.5 Å². The number of para-hydroxylation sites is 1. The standard InChI is InChI=1S/C14H13ClN2O2/c15-12-5-2-6-13(17-12)16-9-10-3-1-4-11-14(10)19-8-7-18-11/h1-6H,7-9H2,(H,16,17). The van der Waals surface area contributed by atoms with E-state index in [9.17, 15) is 0 Å². The number of ether oxygens (including phenoxy) is 2. The van der Waals surface area contributed by atoms with E-state index >= 15 is 0 Å². The van der Waals surface area contributed by atoms with Crippen molar-refractivity contribution >= 4 is 17.4 Å². The fraction of sp³-hybridized carbons (Fsp3) is 0.214. The van der Waals surface area contributed by atoms with Crippen molar-refractivity contribution in [2.75, 3.05) is 18.5 Å². The molecule has 2 aromatic rings. The smallest absolute Gasteiger partial charge is 0.166 e. The first-order valence-electron chi connectivity index (χ1n) is 6.07. The predicted molar refractivity (Wildman–Crippen MR) is 74.0 cm³/mol. The van der Waals surface area contributed by atoms with Gasteiger partial charge in [-0.2, -0.15) is 0 Å². The van der Waals surface area contributed by atoms with Crippen molar-refractivity contribution in [2.45, 2.75) is 6.54 Å². The first kappa shape index (κ1) is 12.1. The zero-order valence-corrected chi connectivity index (χ0v) is 11.0. The lowest BCUT2D eigenvalue weighted by Crippen LogP contribution is -2.17. The monoisotopic (exact) mass is 276 g/mol. The summed E-state index contributed by atoms with van der Waals surface area (Å²) < 4.78 is 11.2. The predicted octanol–water partition coefficient (Wildman–Crippen LogP) is 3.12. The van der Waals surface area contributed by atoms with Gasteiger partial charge in [-0.25, -0.2) is 4.98 Å². The molecule has 1 aliphatic rings. The number of nitrogens with one attached hydrogen (secondary N) is 1. The molecule has 1 aromatic carbocycles. The van der Waals surface area contributed by atoms with Crippen LogP contribution in [0.4, 0.5) is 5.82 Å². The number of nitrogens with zero attached hydrogens (tertiary/aromatic N) is 1. The molecule has 0 amide bonds. The minimum absolute atomic E-state index is 0.472. The average Bonchev–Trinajstić information content (AvgIpc) is 2.45. The van der Waals surface area contributed by atoms with Gasteiger partial charge in [0.1, 0.15) is 24.2 Å². The molecule has 0 atom stereocenters. The Morgan fingerprint density at radius 2 is 1.95 bits per heavy atom. The molecule has 0 unspecified atom stereocenters. The molecule has 0 saturated heterocycles. The minimum Gasteiger partial charge on any atom is -0.486 e. The number of aromatic nitrogens is 1. The molecule has 2 heterocycles. The molecule has 0 bridgehead atoms. The summed E-state index contributed by atoms with van der Waals surface area (Å²) in [4.78, 5) is 4.18. The van der Waals surface area contributed by atoms with Gasteiger partial charge in [-0.1, -0.05) is 29.8 Å². The maximum atomic E-state index is 5.85. The maximum absolute atomic E-state index is 5.85. The highest BCUT2D eigenvalue weighted by Crippen LogP contribution is 2.33. The van der Waals surface area contributed by atoms with Crippen LogP contribution < -0.4 is 14.8 Å². The molecule has 1 aromatic heterocycles. The summed E-state index contributed by atoms with van der Waals surface area (Å²) in [6, 6.07) is 11.3. The van der Waals surface area contributed by atoms with Crippen LogP contribution in [0.5, 0.6) is 11.5 Å². The van der Waals surface area contributed by atoms with E-state index in [4.69, 9.17) is 21.1 Å². The van der Waals surface area contributed by atoms with Crippen LogP contribution in [0.25, 0.3) is 0 Å². The Balaban J connectivity index is 1.77. The number of benzene rings is 1. The van der Waals surface area contributed by atoms with Gasteiger partial charge in [-0.05, 0) is 18.2 Å². The second kappa shape index (κ2) is 5.36. The summed E-state index contributed by atoms with van der Waals surface area (Å²) in [5.74, 6) is 2.34. The minimum atomic E-state index is 0.472. The second-order valence-electron chi connectivity index (χ2n) is 4.14. The fourth-order valence-electron chi connectivity index (χ4n) is 1.97. The van der Waals surface area contributed by atoms with Gasteiger partial charge >= 0.3 is 0 Å². The van der Waals surface area contributed by atoms with E-state index < -0.39 is 0 Å². The Labute approximate surface area is 116 Å². The van der Waals surface area contributed by atoms with Crippen LogP contribution in [0.2, 0.25) is 5.15 Å². The largest absolute Gasteiger partial charge is 0.486 e. The van der Waals surface area contributed by atoms with Gasteiger partial charge < -0.3 is 14.8 Å². The Morgan fingerprint density at radius 1 is 1.11 bits per heavy atom. The zero-order valence-electron chi connectivity index (χ0n) is 10.2. The summed E-state index contributed by atoms with van der Waals surface area (Å²) in [5.41, 5.74) is 1.04. The van der Waals surface area contributed by atoms with Crippen LogP contribution >= 0.6 is 11.6 Å². The lowest BCUT2D eigenvalue weighted by molar-refractivity contribution is 0.170. The molecule has 5 heteroatoms. The third kappa shape index (κ3) is 2.74. The van der Waals surface area contributed by atoms with Crippen LogP contribution in [0, 0.1) is 0 Å². The van der Waals surface area contributed by atoms with E-state index in [1.165, 1.54) is 0 Å². The van der Waals surface area contributed by atoms with E-state index in [1.54, 1.807) is 6.07 Å². The van der Waals surface area contributed by atoms with Crippen molar-refractivity contribution in [1.29, 1.82) is 0 Å². The van der Waals surface area contributed by atoms with Gasteiger partial charge in [-0.15, -0.1) is 0 Å². The van der Waals surface area contributed by atoms with E-state index in [1.807, 2.05) is 30.3 Å². The Hall–Kier alpha value is -1.94. The van der Waals surface area contributed by atoms with Gasteiger partial charge in [0.05, 0.1) is 0 Å². The lowest BCUT2D eigenvalue weighted by atomic mass is 10.1. The van der Waals surface area contributed by atoms with Crippen LogP contribution in [0.3, 0.4) is 0 Å². The Morgan fingerprint density at radius 3 is 2.84 bits per heavy atom. The van der Waals surface area contributed by atoms with Crippen LogP contribution in [-0.2, 0) is 6.54 Å². The third-order valence-corrected chi connectivity index (χ3v) is 3.03. The molecule has 19 heavy (non-hydrogen) atoms. The molecule has 1 aliphatic heterocycles. The van der Waals surface area contributed by atoms with Crippen molar-refractivity contribution in [1.82, 2.24) is 4.98 Å². The van der Waals surface area contributed by atoms with Crippen molar-refractivity contribution in [3.63, 3.8) is 0 Å². The first-order chi connectivity index (χ1) is 9.33. The number of rotatable bonds is 3. The SMILES string of the molecule is Clc1cccc(NCc2cccc3c2OCCO3)n1. The number of hydrogen-bond donors (Lipinski definition) is 1. The molecule has 0 saturated carbocycles. The van der Waals surface area contributed by atoms with Gasteiger partial charge in [-0.3, -0.25) is 0 Å². The molecular formula is C14H13ClN2O2. The van der Waals surface area contributed by atoms with E-state index in [0.29, 0.717) is 24.9 Å². The van der Waals surface area contributed by atoms with Crippen molar-refractivity contribution in [3.05, 3.63) is 47.1 Å². The molecular weight excluding hydrogens is 264 g/mol. The van der Waals surface area contributed by atoms with Crippen LogP contribution in [0.1, 0.15) is 5.56 Å². The van der Waals surface area contributed by atoms with Gasteiger partial charge in [0, 0.05) is 12.1 Å². The Kier molecular flexibility index (Phi) is 3.42. The quantitative estimate of drug-likeness (QED) is 0.875. The van der Waals surface area contributed by atoms with Crippen LogP contribution in [-0.4, -0.2) is 18.2 Å². The second-order valence-corrected chi connectivity index (χ2v) is 4.53. The van der Waals surface area contributed by atoms with Crippen molar-refractivity contribution in [2.24, 2.45) is 0 Å². The number of halogens is 1. The lowest BCUT2D eigenvalue weighted by Gasteiger charge is -2.21. The highest BCUT2D eigenvalue weighted by Gasteiger charge is 2.15. The molecule has 98 valence electrons. The number of fused-ring (bicyclic) bond motifs is 1. The van der Waals surface area contributed by atoms with Gasteiger partial charge in [0.2, 0.25) is 0 Å². The highest BCUT2D eigenvalue weighted by atomic mass is 35.5. The molecule has 0 fully saturated rings. The molecule has 3 rings (SSSR count). The number of anilines is 1. The van der Waals surface area contributed by atoms with E-state index in [-0.39, 0.29) is 0 Å². The maximum Gasteiger partial charge on any atom is 0.166 e. The van der Waals surface area contributed by atoms with E-state index in [0.717, 1.165) is 22.9 Å². The fourth-order valence-corrected chi connectivity index (χ4v) is 2.13. The normalized spacial score (nSPS) is 13.1. The summed E-state index contributed by atoms with van der Waals surface area (Å²) in [5, 5.41) is 3.69. The molecule has 1 N–H and O–H groups in total. The molecule has 4 nitrogen and oxygen atoms in total. The number of hydrogen-bond acceptors (Lipinski definition) is 4. The Bertz CT molecular complexity index is 589. The van der Waals surface area contributed by atoms with Gasteiger partial charge in [0.15, 0.2) is 11.5 Å². The topological polar surface area (TPSA) is 43.4 Å². The molecule has 0 radical (unpaired) electrons. The zero-order chi connectivity index (χ0) is 13.1. The van der Waals surface area contributed by atoms with E-state index in [2.05, 4.69) is 10.3 Å². The van der Waals surface area contributed by atoms with Crippen LogP contribution in [0.15, 0.2) is 36.4 Å². The first-order valence-corrected chi connectivity index (χ1v) is 6.44. The summed E-state index contributed by atoms with van der Waals surface area (Å²) in [7, 11) is 0. The summed E-state index contributed by atoms with van der Waals surface area (Å²) in [6.45, 7) is 1.79. The number of pyridine rings is 1. The summed E-state index contributed by atoms with van der Waals surface area (Å²) in [6.07, 6.45) is 0. The molecule has 0 aliphatic carbocycles. The third-order valence-electron chi connectivity index (χ3n) is 2.82. The molecule has 0 spiro atoms.